The molecule has 0 aliphatic carbocycles. The van der Waals surface area contributed by atoms with Gasteiger partial charge in [0.1, 0.15) is 0 Å². The van der Waals surface area contributed by atoms with Gasteiger partial charge in [0.2, 0.25) is 0 Å². The highest BCUT2D eigenvalue weighted by Crippen LogP contribution is 2.37. The van der Waals surface area contributed by atoms with Gasteiger partial charge in [-0.15, -0.1) is 0 Å². The summed E-state index contributed by atoms with van der Waals surface area (Å²) in [7, 11) is 0. The van der Waals surface area contributed by atoms with Crippen molar-refractivity contribution in [2.75, 3.05) is 0 Å². The van der Waals surface area contributed by atoms with Crippen LogP contribution >= 0.6 is 0 Å². The van der Waals surface area contributed by atoms with Gasteiger partial charge < -0.3 is 0 Å². The van der Waals surface area contributed by atoms with Crippen LogP contribution in [0.3, 0.4) is 0 Å². The van der Waals surface area contributed by atoms with E-state index >= 15 is 0 Å². The monoisotopic (exact) mass is 360 g/mol. The fourth-order valence-electron chi connectivity index (χ4n) is 3.99. The van der Waals surface area contributed by atoms with Gasteiger partial charge in [-0.25, -0.2) is 0 Å². The number of hydrogen-bond acceptors (Lipinski definition) is 3. The first-order valence-corrected chi connectivity index (χ1v) is 9.07. The van der Waals surface area contributed by atoms with Crippen molar-refractivity contribution >= 4 is 0 Å². The molecule has 3 heterocycles. The fourth-order valence-corrected chi connectivity index (χ4v) is 3.99. The first-order chi connectivity index (χ1) is 12.9. The standard InChI is InChI=1S/C21H24N6/c1-10-19(11(2)23-22-10)16-7-17(20-12(3)24-25-13(20)4)9-18(8-16)21-14(5)26-27-15(21)6/h7-9H,1-6H3,(H,22,23)(H,24,25)(H,26,27). The van der Waals surface area contributed by atoms with Crippen LogP contribution in [-0.4, -0.2) is 30.6 Å². The summed E-state index contributed by atoms with van der Waals surface area (Å²) in [5.74, 6) is 0. The molecule has 0 aliphatic rings. The zero-order chi connectivity index (χ0) is 19.3. The van der Waals surface area contributed by atoms with Crippen LogP contribution in [0.25, 0.3) is 33.4 Å². The predicted molar refractivity (Wildman–Crippen MR) is 108 cm³/mol. The van der Waals surface area contributed by atoms with Crippen molar-refractivity contribution in [3.63, 3.8) is 0 Å². The topological polar surface area (TPSA) is 86.0 Å². The van der Waals surface area contributed by atoms with Crippen LogP contribution in [0.15, 0.2) is 18.2 Å². The first-order valence-electron chi connectivity index (χ1n) is 9.07. The van der Waals surface area contributed by atoms with Crippen molar-refractivity contribution in [3.8, 4) is 33.4 Å². The Morgan fingerprint density at radius 1 is 0.481 bits per heavy atom. The van der Waals surface area contributed by atoms with E-state index < -0.39 is 0 Å². The van der Waals surface area contributed by atoms with Crippen LogP contribution in [0.2, 0.25) is 0 Å². The molecule has 0 saturated heterocycles. The van der Waals surface area contributed by atoms with Gasteiger partial charge in [0.15, 0.2) is 0 Å². The molecule has 0 bridgehead atoms. The quantitative estimate of drug-likeness (QED) is 0.494. The molecule has 0 amide bonds. The highest BCUT2D eigenvalue weighted by molar-refractivity contribution is 5.84. The molecule has 3 aromatic heterocycles. The maximum Gasteiger partial charge on any atom is 0.0672 e. The average molecular weight is 360 g/mol. The number of nitrogens with one attached hydrogen (secondary N) is 3. The van der Waals surface area contributed by atoms with E-state index in [0.717, 1.165) is 67.5 Å². The van der Waals surface area contributed by atoms with Crippen molar-refractivity contribution < 1.29 is 0 Å². The molecule has 4 rings (SSSR count). The molecule has 3 N–H and O–H groups in total. The Kier molecular flexibility index (Phi) is 3.98. The third kappa shape index (κ3) is 2.77. The highest BCUT2D eigenvalue weighted by Gasteiger charge is 2.18. The van der Waals surface area contributed by atoms with Crippen molar-refractivity contribution in [1.82, 2.24) is 30.6 Å². The molecule has 1 aromatic carbocycles. The van der Waals surface area contributed by atoms with Crippen LogP contribution in [0.5, 0.6) is 0 Å². The summed E-state index contributed by atoms with van der Waals surface area (Å²) in [5, 5.41) is 22.5. The minimum atomic E-state index is 0.997. The number of benzene rings is 1. The summed E-state index contributed by atoms with van der Waals surface area (Å²) in [6, 6.07) is 6.68. The van der Waals surface area contributed by atoms with Crippen molar-refractivity contribution in [3.05, 3.63) is 52.4 Å². The predicted octanol–water partition coefficient (Wildman–Crippen LogP) is 4.71. The molecular weight excluding hydrogens is 336 g/mol. The van der Waals surface area contributed by atoms with Crippen molar-refractivity contribution in [2.24, 2.45) is 0 Å². The Bertz CT molecular complexity index is 928. The van der Waals surface area contributed by atoms with E-state index in [1.807, 2.05) is 20.8 Å². The lowest BCUT2D eigenvalue weighted by atomic mass is 9.91. The summed E-state index contributed by atoms with van der Waals surface area (Å²) in [4.78, 5) is 0. The normalized spacial score (nSPS) is 11.3. The molecule has 0 saturated carbocycles. The molecule has 0 radical (unpaired) electrons. The molecule has 0 unspecified atom stereocenters. The molecule has 0 aliphatic heterocycles. The molecule has 0 spiro atoms. The van der Waals surface area contributed by atoms with Crippen molar-refractivity contribution in [1.29, 1.82) is 0 Å². The van der Waals surface area contributed by atoms with Gasteiger partial charge in [0.05, 0.1) is 17.1 Å². The molecular formula is C21H24N6. The van der Waals surface area contributed by atoms with E-state index in [2.05, 4.69) is 69.6 Å². The van der Waals surface area contributed by atoms with Crippen LogP contribution < -0.4 is 0 Å². The summed E-state index contributed by atoms with van der Waals surface area (Å²) in [5.41, 5.74) is 13.1. The first kappa shape index (κ1) is 17.3. The Balaban J connectivity index is 2.04. The zero-order valence-electron chi connectivity index (χ0n) is 16.6. The number of aryl methyl sites for hydroxylation is 6. The van der Waals surface area contributed by atoms with Gasteiger partial charge in [-0.3, -0.25) is 15.3 Å². The number of aromatic nitrogens is 6. The minimum absolute atomic E-state index is 0.997. The molecule has 6 heteroatoms. The number of hydrogen-bond donors (Lipinski definition) is 3. The average Bonchev–Trinajstić information content (AvgIpc) is 3.25. The maximum atomic E-state index is 4.39. The van der Waals surface area contributed by atoms with Gasteiger partial charge in [-0.1, -0.05) is 0 Å². The van der Waals surface area contributed by atoms with E-state index in [1.165, 1.54) is 0 Å². The van der Waals surface area contributed by atoms with E-state index in [0.29, 0.717) is 0 Å². The smallest absolute Gasteiger partial charge is 0.0672 e. The number of aromatic amines is 3. The Morgan fingerprint density at radius 2 is 0.741 bits per heavy atom. The van der Waals surface area contributed by atoms with Gasteiger partial charge in [-0.2, -0.15) is 15.3 Å². The maximum absolute atomic E-state index is 4.39. The molecule has 6 nitrogen and oxygen atoms in total. The van der Waals surface area contributed by atoms with E-state index in [1.54, 1.807) is 0 Å². The molecule has 0 atom stereocenters. The van der Waals surface area contributed by atoms with E-state index in [9.17, 15) is 0 Å². The van der Waals surface area contributed by atoms with Crippen LogP contribution in [-0.2, 0) is 0 Å². The molecule has 0 fully saturated rings. The second-order valence-corrected chi connectivity index (χ2v) is 7.23. The van der Waals surface area contributed by atoms with Crippen LogP contribution in [0.1, 0.15) is 34.2 Å². The zero-order valence-corrected chi connectivity index (χ0v) is 16.6. The van der Waals surface area contributed by atoms with E-state index in [4.69, 9.17) is 0 Å². The van der Waals surface area contributed by atoms with E-state index in [-0.39, 0.29) is 0 Å². The lowest BCUT2D eigenvalue weighted by Gasteiger charge is -2.12. The second kappa shape index (κ2) is 6.23. The van der Waals surface area contributed by atoms with Gasteiger partial charge in [-0.05, 0) is 76.4 Å². The summed E-state index contributed by atoms with van der Waals surface area (Å²) in [6.45, 7) is 12.3. The molecule has 138 valence electrons. The molecule has 4 aromatic rings. The summed E-state index contributed by atoms with van der Waals surface area (Å²) in [6.07, 6.45) is 0. The Morgan fingerprint density at radius 3 is 0.926 bits per heavy atom. The van der Waals surface area contributed by atoms with Gasteiger partial charge in [0, 0.05) is 33.8 Å². The van der Waals surface area contributed by atoms with Gasteiger partial charge >= 0.3 is 0 Å². The van der Waals surface area contributed by atoms with Crippen molar-refractivity contribution in [2.45, 2.75) is 41.5 Å². The third-order valence-electron chi connectivity index (χ3n) is 5.18. The van der Waals surface area contributed by atoms with Crippen LogP contribution in [0, 0.1) is 41.5 Å². The number of rotatable bonds is 3. The summed E-state index contributed by atoms with van der Waals surface area (Å²) >= 11 is 0. The number of H-pyrrole nitrogens is 3. The lowest BCUT2D eigenvalue weighted by Crippen LogP contribution is -1.91. The third-order valence-corrected chi connectivity index (χ3v) is 5.18. The van der Waals surface area contributed by atoms with Gasteiger partial charge in [0.25, 0.3) is 0 Å². The Hall–Kier alpha value is -3.15. The number of nitrogens with zero attached hydrogens (tertiary/aromatic N) is 3. The summed E-state index contributed by atoms with van der Waals surface area (Å²) < 4.78 is 0. The fraction of sp³-hybridized carbons (Fsp3) is 0.286. The minimum Gasteiger partial charge on any atom is -0.282 e. The largest absolute Gasteiger partial charge is 0.282 e. The Labute approximate surface area is 158 Å². The SMILES string of the molecule is Cc1n[nH]c(C)c1-c1cc(-c2c(C)n[nH]c2C)cc(-c2c(C)n[nH]c2C)c1. The van der Waals surface area contributed by atoms with Crippen LogP contribution in [0.4, 0.5) is 0 Å². The lowest BCUT2D eigenvalue weighted by molar-refractivity contribution is 1.02. The highest BCUT2D eigenvalue weighted by atomic mass is 15.1. The molecule has 27 heavy (non-hydrogen) atoms. The second-order valence-electron chi connectivity index (χ2n) is 7.23.